The van der Waals surface area contributed by atoms with Crippen LogP contribution in [0.5, 0.6) is 5.75 Å². The Bertz CT molecular complexity index is 524. The van der Waals surface area contributed by atoms with Crippen molar-refractivity contribution in [2.24, 2.45) is 0 Å². The molecule has 100 valence electrons. The first-order valence-corrected chi connectivity index (χ1v) is 6.28. The summed E-state index contributed by atoms with van der Waals surface area (Å²) < 4.78 is 18.9. The van der Waals surface area contributed by atoms with Gasteiger partial charge in [0.05, 0.1) is 6.10 Å². The van der Waals surface area contributed by atoms with Crippen molar-refractivity contribution in [1.29, 1.82) is 0 Å². The van der Waals surface area contributed by atoms with Crippen molar-refractivity contribution in [3.05, 3.63) is 65.5 Å². The minimum atomic E-state index is -0.527. The van der Waals surface area contributed by atoms with E-state index in [9.17, 15) is 9.50 Å². The Labute approximate surface area is 112 Å². The Morgan fingerprint density at radius 3 is 2.58 bits per heavy atom. The van der Waals surface area contributed by atoms with Gasteiger partial charge in [0.15, 0.2) is 0 Å². The van der Waals surface area contributed by atoms with E-state index in [4.69, 9.17) is 4.74 Å². The number of halogens is 1. The van der Waals surface area contributed by atoms with Gasteiger partial charge in [0.25, 0.3) is 0 Å². The Kier molecular flexibility index (Phi) is 4.53. The molecule has 2 nitrogen and oxygen atoms in total. The summed E-state index contributed by atoms with van der Waals surface area (Å²) in [7, 11) is 0. The topological polar surface area (TPSA) is 29.5 Å². The summed E-state index contributed by atoms with van der Waals surface area (Å²) in [5.41, 5.74) is 1.74. The molecule has 0 aromatic heterocycles. The van der Waals surface area contributed by atoms with Gasteiger partial charge in [0, 0.05) is 6.42 Å². The molecule has 0 amide bonds. The quantitative estimate of drug-likeness (QED) is 0.893. The molecule has 2 aromatic carbocycles. The van der Waals surface area contributed by atoms with Crippen molar-refractivity contribution in [2.45, 2.75) is 26.1 Å². The minimum Gasteiger partial charge on any atom is -0.489 e. The smallest absolute Gasteiger partial charge is 0.123 e. The zero-order chi connectivity index (χ0) is 13.7. The van der Waals surface area contributed by atoms with Gasteiger partial charge in [-0.25, -0.2) is 4.39 Å². The highest BCUT2D eigenvalue weighted by atomic mass is 19.1. The van der Waals surface area contributed by atoms with E-state index in [-0.39, 0.29) is 5.82 Å². The molecular weight excluding hydrogens is 243 g/mol. The molecule has 0 saturated carbocycles. The van der Waals surface area contributed by atoms with Gasteiger partial charge in [-0.2, -0.15) is 0 Å². The van der Waals surface area contributed by atoms with Crippen LogP contribution >= 0.6 is 0 Å². The molecule has 1 N–H and O–H groups in total. The van der Waals surface area contributed by atoms with E-state index in [1.165, 1.54) is 12.1 Å². The van der Waals surface area contributed by atoms with Crippen LogP contribution in [-0.2, 0) is 13.0 Å². The molecule has 0 saturated heterocycles. The molecular formula is C16H17FO2. The molecule has 1 atom stereocenters. The average Bonchev–Trinajstić information content (AvgIpc) is 2.38. The number of hydrogen-bond donors (Lipinski definition) is 1. The molecule has 0 aliphatic carbocycles. The summed E-state index contributed by atoms with van der Waals surface area (Å²) in [6.07, 6.45) is -0.150. The first-order chi connectivity index (χ1) is 9.15. The second-order valence-electron chi connectivity index (χ2n) is 4.58. The van der Waals surface area contributed by atoms with E-state index in [1.54, 1.807) is 13.0 Å². The zero-order valence-corrected chi connectivity index (χ0v) is 10.8. The fourth-order valence-electron chi connectivity index (χ4n) is 1.90. The van der Waals surface area contributed by atoms with Gasteiger partial charge < -0.3 is 9.84 Å². The van der Waals surface area contributed by atoms with E-state index in [0.717, 1.165) is 5.56 Å². The van der Waals surface area contributed by atoms with Gasteiger partial charge in [0.2, 0.25) is 0 Å². The van der Waals surface area contributed by atoms with Crippen LogP contribution in [0, 0.1) is 5.82 Å². The number of ether oxygens (including phenoxy) is 1. The fourth-order valence-corrected chi connectivity index (χ4v) is 1.90. The van der Waals surface area contributed by atoms with E-state index >= 15 is 0 Å². The van der Waals surface area contributed by atoms with Gasteiger partial charge in [-0.3, -0.25) is 0 Å². The van der Waals surface area contributed by atoms with Crippen LogP contribution in [0.15, 0.2) is 48.5 Å². The molecule has 2 aromatic rings. The summed E-state index contributed by atoms with van der Waals surface area (Å²) in [5.74, 6) is 0.300. The van der Waals surface area contributed by atoms with E-state index in [1.807, 2.05) is 30.3 Å². The Balaban J connectivity index is 2.11. The van der Waals surface area contributed by atoms with Gasteiger partial charge in [0.1, 0.15) is 18.2 Å². The average molecular weight is 260 g/mol. The first-order valence-electron chi connectivity index (χ1n) is 6.28. The van der Waals surface area contributed by atoms with Crippen LogP contribution in [0.3, 0.4) is 0 Å². The third-order valence-corrected chi connectivity index (χ3v) is 2.78. The second kappa shape index (κ2) is 6.34. The van der Waals surface area contributed by atoms with Crippen LogP contribution in [0.1, 0.15) is 18.1 Å². The third kappa shape index (κ3) is 4.07. The van der Waals surface area contributed by atoms with E-state index in [2.05, 4.69) is 0 Å². The zero-order valence-electron chi connectivity index (χ0n) is 10.8. The van der Waals surface area contributed by atoms with Crippen LogP contribution in [-0.4, -0.2) is 11.2 Å². The Morgan fingerprint density at radius 2 is 1.89 bits per heavy atom. The summed E-state index contributed by atoms with van der Waals surface area (Å²) >= 11 is 0. The molecule has 0 heterocycles. The maximum absolute atomic E-state index is 13.2. The molecule has 0 aliphatic rings. The SMILES string of the molecule is CC(O)Cc1cc(F)ccc1OCc1ccccc1. The lowest BCUT2D eigenvalue weighted by Crippen LogP contribution is -2.07. The Morgan fingerprint density at radius 1 is 1.16 bits per heavy atom. The van der Waals surface area contributed by atoms with Crippen molar-refractivity contribution in [1.82, 2.24) is 0 Å². The number of hydrogen-bond acceptors (Lipinski definition) is 2. The standard InChI is InChI=1S/C16H17FO2/c1-12(18)9-14-10-15(17)7-8-16(14)19-11-13-5-3-2-4-6-13/h2-8,10,12,18H,9,11H2,1H3. The van der Waals surface area contributed by atoms with Crippen molar-refractivity contribution in [3.8, 4) is 5.75 Å². The molecule has 3 heteroatoms. The summed E-state index contributed by atoms with van der Waals surface area (Å²) in [4.78, 5) is 0. The molecule has 19 heavy (non-hydrogen) atoms. The normalized spacial score (nSPS) is 12.2. The number of rotatable bonds is 5. The monoisotopic (exact) mass is 260 g/mol. The maximum atomic E-state index is 13.2. The van der Waals surface area contributed by atoms with Crippen molar-refractivity contribution in [3.63, 3.8) is 0 Å². The lowest BCUT2D eigenvalue weighted by molar-refractivity contribution is 0.193. The first kappa shape index (κ1) is 13.6. The third-order valence-electron chi connectivity index (χ3n) is 2.78. The van der Waals surface area contributed by atoms with Crippen molar-refractivity contribution in [2.75, 3.05) is 0 Å². The van der Waals surface area contributed by atoms with Gasteiger partial charge in [-0.05, 0) is 36.2 Å². The van der Waals surface area contributed by atoms with Crippen molar-refractivity contribution < 1.29 is 14.2 Å². The number of aliphatic hydroxyl groups excluding tert-OH is 1. The van der Waals surface area contributed by atoms with Crippen LogP contribution < -0.4 is 4.74 Å². The van der Waals surface area contributed by atoms with Gasteiger partial charge >= 0.3 is 0 Å². The van der Waals surface area contributed by atoms with E-state index < -0.39 is 6.10 Å². The summed E-state index contributed by atoms with van der Waals surface area (Å²) in [6, 6.07) is 14.2. The predicted molar refractivity (Wildman–Crippen MR) is 72.6 cm³/mol. The predicted octanol–water partition coefficient (Wildman–Crippen LogP) is 3.33. The van der Waals surface area contributed by atoms with Crippen LogP contribution in [0.4, 0.5) is 4.39 Å². The number of benzene rings is 2. The van der Waals surface area contributed by atoms with Crippen molar-refractivity contribution >= 4 is 0 Å². The Hall–Kier alpha value is -1.87. The highest BCUT2D eigenvalue weighted by Gasteiger charge is 2.08. The molecule has 0 bridgehead atoms. The lowest BCUT2D eigenvalue weighted by Gasteiger charge is -2.13. The molecule has 0 radical (unpaired) electrons. The summed E-state index contributed by atoms with van der Waals surface area (Å²) in [5, 5.41) is 9.43. The highest BCUT2D eigenvalue weighted by Crippen LogP contribution is 2.22. The largest absolute Gasteiger partial charge is 0.489 e. The molecule has 1 unspecified atom stereocenters. The second-order valence-corrected chi connectivity index (χ2v) is 4.58. The lowest BCUT2D eigenvalue weighted by atomic mass is 10.1. The van der Waals surface area contributed by atoms with Crippen LogP contribution in [0.2, 0.25) is 0 Å². The fraction of sp³-hybridized carbons (Fsp3) is 0.250. The number of aliphatic hydroxyl groups is 1. The van der Waals surface area contributed by atoms with E-state index in [0.29, 0.717) is 24.3 Å². The van der Waals surface area contributed by atoms with Crippen LogP contribution in [0.25, 0.3) is 0 Å². The molecule has 0 spiro atoms. The maximum Gasteiger partial charge on any atom is 0.123 e. The molecule has 0 fully saturated rings. The summed E-state index contributed by atoms with van der Waals surface area (Å²) in [6.45, 7) is 2.10. The highest BCUT2D eigenvalue weighted by molar-refractivity contribution is 5.34. The minimum absolute atomic E-state index is 0.317. The van der Waals surface area contributed by atoms with Gasteiger partial charge in [-0.15, -0.1) is 0 Å². The van der Waals surface area contributed by atoms with Gasteiger partial charge in [-0.1, -0.05) is 30.3 Å². The molecule has 0 aliphatic heterocycles. The molecule has 2 rings (SSSR count).